The van der Waals surface area contributed by atoms with Crippen LogP contribution in [0.3, 0.4) is 0 Å². The minimum absolute atomic E-state index is 0.0429. The third-order valence-electron chi connectivity index (χ3n) is 3.79. The van der Waals surface area contributed by atoms with Gasteiger partial charge in [0.2, 0.25) is 0 Å². The summed E-state index contributed by atoms with van der Waals surface area (Å²) in [6.07, 6.45) is 4.47. The van der Waals surface area contributed by atoms with Gasteiger partial charge in [0, 0.05) is 29.2 Å². The Bertz CT molecular complexity index is 568. The Kier molecular flexibility index (Phi) is 3.50. The lowest BCUT2D eigenvalue weighted by Crippen LogP contribution is -2.35. The van der Waals surface area contributed by atoms with Crippen molar-refractivity contribution in [3.8, 4) is 0 Å². The number of nitro benzene ring substituents is 1. The normalized spacial score (nSPS) is 17.9. The lowest BCUT2D eigenvalue weighted by molar-refractivity contribution is -0.384. The van der Waals surface area contributed by atoms with Crippen molar-refractivity contribution in [2.24, 2.45) is 5.92 Å². The molecule has 2 saturated carbocycles. The number of carbonyl (C=O) groups excluding carboxylic acids is 1. The zero-order chi connectivity index (χ0) is 14.3. The molecule has 0 spiro atoms. The van der Waals surface area contributed by atoms with Crippen molar-refractivity contribution >= 4 is 27.5 Å². The van der Waals surface area contributed by atoms with Gasteiger partial charge in [0.15, 0.2) is 0 Å². The Morgan fingerprint density at radius 3 is 2.60 bits per heavy atom. The number of amides is 1. The Labute approximate surface area is 125 Å². The highest BCUT2D eigenvalue weighted by molar-refractivity contribution is 9.10. The fourth-order valence-corrected chi connectivity index (χ4v) is 2.72. The average molecular weight is 339 g/mol. The van der Waals surface area contributed by atoms with Crippen LogP contribution in [0.1, 0.15) is 36.0 Å². The second kappa shape index (κ2) is 5.16. The molecule has 20 heavy (non-hydrogen) atoms. The van der Waals surface area contributed by atoms with Crippen molar-refractivity contribution in [1.29, 1.82) is 0 Å². The number of benzene rings is 1. The van der Waals surface area contributed by atoms with Crippen LogP contribution >= 0.6 is 15.9 Å². The van der Waals surface area contributed by atoms with E-state index in [2.05, 4.69) is 15.9 Å². The summed E-state index contributed by atoms with van der Waals surface area (Å²) in [5, 5.41) is 10.9. The molecule has 2 aliphatic carbocycles. The Hall–Kier alpha value is -1.43. The Morgan fingerprint density at radius 1 is 1.35 bits per heavy atom. The average Bonchev–Trinajstić information content (AvgIpc) is 3.27. The summed E-state index contributed by atoms with van der Waals surface area (Å²) in [7, 11) is 0. The number of nitro groups is 1. The third-order valence-corrected chi connectivity index (χ3v) is 4.48. The van der Waals surface area contributed by atoms with Crippen LogP contribution in [0.15, 0.2) is 22.7 Å². The monoisotopic (exact) mass is 338 g/mol. The largest absolute Gasteiger partial charge is 0.335 e. The second-order valence-electron chi connectivity index (χ2n) is 5.55. The molecule has 5 nitrogen and oxygen atoms in total. The van der Waals surface area contributed by atoms with Gasteiger partial charge in [-0.05, 0) is 53.6 Å². The van der Waals surface area contributed by atoms with E-state index in [9.17, 15) is 14.9 Å². The third kappa shape index (κ3) is 2.85. The standard InChI is InChI=1S/C14H15BrN2O3/c15-13-6-5-11(17(19)20)7-12(13)14(18)16(10-3-4-10)8-9-1-2-9/h5-7,9-10H,1-4,8H2. The topological polar surface area (TPSA) is 63.4 Å². The molecule has 3 rings (SSSR count). The zero-order valence-electron chi connectivity index (χ0n) is 10.9. The van der Waals surface area contributed by atoms with E-state index >= 15 is 0 Å². The van der Waals surface area contributed by atoms with Crippen LogP contribution in [0.2, 0.25) is 0 Å². The van der Waals surface area contributed by atoms with Crippen molar-refractivity contribution in [2.75, 3.05) is 6.54 Å². The maximum atomic E-state index is 12.7. The second-order valence-corrected chi connectivity index (χ2v) is 6.41. The lowest BCUT2D eigenvalue weighted by Gasteiger charge is -2.22. The fourth-order valence-electron chi connectivity index (χ4n) is 2.31. The molecule has 0 aromatic heterocycles. The molecule has 0 N–H and O–H groups in total. The molecule has 1 aromatic rings. The predicted molar refractivity (Wildman–Crippen MR) is 77.6 cm³/mol. The van der Waals surface area contributed by atoms with Gasteiger partial charge in [-0.2, -0.15) is 0 Å². The van der Waals surface area contributed by atoms with E-state index in [0.717, 1.165) is 19.4 Å². The highest BCUT2D eigenvalue weighted by Crippen LogP contribution is 2.36. The molecular formula is C14H15BrN2O3. The molecule has 1 aromatic carbocycles. The molecule has 0 bridgehead atoms. The van der Waals surface area contributed by atoms with Crippen LogP contribution in [-0.2, 0) is 0 Å². The molecular weight excluding hydrogens is 324 g/mol. The molecule has 106 valence electrons. The lowest BCUT2D eigenvalue weighted by atomic mass is 10.1. The van der Waals surface area contributed by atoms with Gasteiger partial charge in [-0.25, -0.2) is 0 Å². The summed E-state index contributed by atoms with van der Waals surface area (Å²) in [5.41, 5.74) is 0.352. The van der Waals surface area contributed by atoms with Crippen molar-refractivity contribution < 1.29 is 9.72 Å². The molecule has 0 unspecified atom stereocenters. The molecule has 1 amide bonds. The van der Waals surface area contributed by atoms with E-state index < -0.39 is 4.92 Å². The van der Waals surface area contributed by atoms with Crippen molar-refractivity contribution in [2.45, 2.75) is 31.7 Å². The number of non-ortho nitro benzene ring substituents is 1. The predicted octanol–water partition coefficient (Wildman–Crippen LogP) is 3.37. The van der Waals surface area contributed by atoms with Gasteiger partial charge in [0.05, 0.1) is 10.5 Å². The van der Waals surface area contributed by atoms with Crippen LogP contribution in [-0.4, -0.2) is 28.3 Å². The van der Waals surface area contributed by atoms with Gasteiger partial charge in [-0.15, -0.1) is 0 Å². The maximum absolute atomic E-state index is 12.7. The van der Waals surface area contributed by atoms with Crippen LogP contribution in [0, 0.1) is 16.0 Å². The van der Waals surface area contributed by atoms with E-state index in [1.807, 2.05) is 4.90 Å². The first-order valence-electron chi connectivity index (χ1n) is 6.81. The van der Waals surface area contributed by atoms with Crippen molar-refractivity contribution in [3.63, 3.8) is 0 Å². The van der Waals surface area contributed by atoms with Crippen molar-refractivity contribution in [3.05, 3.63) is 38.3 Å². The molecule has 0 aliphatic heterocycles. The Balaban J connectivity index is 1.87. The number of carbonyl (C=O) groups is 1. The van der Waals surface area contributed by atoms with Gasteiger partial charge in [-0.3, -0.25) is 14.9 Å². The minimum Gasteiger partial charge on any atom is -0.335 e. The molecule has 2 fully saturated rings. The fraction of sp³-hybridized carbons (Fsp3) is 0.500. The molecule has 0 radical (unpaired) electrons. The molecule has 2 aliphatic rings. The smallest absolute Gasteiger partial charge is 0.270 e. The summed E-state index contributed by atoms with van der Waals surface area (Å²) in [4.78, 5) is 25.0. The first kappa shape index (κ1) is 13.5. The number of rotatable bonds is 5. The van der Waals surface area contributed by atoms with Gasteiger partial charge in [0.25, 0.3) is 11.6 Å². The summed E-state index contributed by atoms with van der Waals surface area (Å²) in [6, 6.07) is 4.68. The van der Waals surface area contributed by atoms with Crippen LogP contribution in [0.4, 0.5) is 5.69 Å². The minimum atomic E-state index is -0.467. The van der Waals surface area contributed by atoms with Gasteiger partial charge in [0.1, 0.15) is 0 Å². The zero-order valence-corrected chi connectivity index (χ0v) is 12.5. The van der Waals surface area contributed by atoms with Gasteiger partial charge in [-0.1, -0.05) is 0 Å². The summed E-state index contributed by atoms with van der Waals surface area (Å²) >= 11 is 3.33. The number of halogens is 1. The summed E-state index contributed by atoms with van der Waals surface area (Å²) < 4.78 is 0.620. The van der Waals surface area contributed by atoms with E-state index in [-0.39, 0.29) is 11.6 Å². The number of hydrogen-bond donors (Lipinski definition) is 0. The van der Waals surface area contributed by atoms with Crippen LogP contribution < -0.4 is 0 Å². The maximum Gasteiger partial charge on any atom is 0.270 e. The highest BCUT2D eigenvalue weighted by Gasteiger charge is 2.37. The SMILES string of the molecule is O=C(c1cc([N+](=O)[O-])ccc1Br)N(CC1CC1)C1CC1. The van der Waals surface area contributed by atoms with Crippen molar-refractivity contribution in [1.82, 2.24) is 4.90 Å². The molecule has 0 heterocycles. The van der Waals surface area contributed by atoms with Gasteiger partial charge >= 0.3 is 0 Å². The van der Waals surface area contributed by atoms with Crippen LogP contribution in [0.5, 0.6) is 0 Å². The quantitative estimate of drug-likeness (QED) is 0.610. The molecule has 6 heteroatoms. The van der Waals surface area contributed by atoms with E-state index in [1.165, 1.54) is 25.0 Å². The Morgan fingerprint density at radius 2 is 2.05 bits per heavy atom. The van der Waals surface area contributed by atoms with E-state index in [4.69, 9.17) is 0 Å². The number of hydrogen-bond acceptors (Lipinski definition) is 3. The van der Waals surface area contributed by atoms with Crippen LogP contribution in [0.25, 0.3) is 0 Å². The van der Waals surface area contributed by atoms with E-state index in [0.29, 0.717) is 22.0 Å². The van der Waals surface area contributed by atoms with Gasteiger partial charge < -0.3 is 4.90 Å². The van der Waals surface area contributed by atoms with E-state index in [1.54, 1.807) is 6.07 Å². The molecule has 0 atom stereocenters. The first-order valence-corrected chi connectivity index (χ1v) is 7.60. The molecule has 0 saturated heterocycles. The highest BCUT2D eigenvalue weighted by atomic mass is 79.9. The first-order chi connectivity index (χ1) is 9.56. The summed E-state index contributed by atoms with van der Waals surface area (Å²) in [6.45, 7) is 0.790. The number of nitrogens with zero attached hydrogens (tertiary/aromatic N) is 2. The summed E-state index contributed by atoms with van der Waals surface area (Å²) in [5.74, 6) is 0.534.